The molecule has 0 atom stereocenters. The number of imidazole rings is 1. The van der Waals surface area contributed by atoms with Gasteiger partial charge in [-0.15, -0.1) is 0 Å². The topological polar surface area (TPSA) is 124 Å². The van der Waals surface area contributed by atoms with Crippen LogP contribution in [0.2, 0.25) is 10.0 Å². The Kier molecular flexibility index (Phi) is 5.03. The van der Waals surface area contributed by atoms with E-state index in [4.69, 9.17) is 32.7 Å². The number of rotatable bonds is 6. The number of aromatic amines is 1. The summed E-state index contributed by atoms with van der Waals surface area (Å²) in [5, 5.41) is 6.20. The number of hydrogen-bond acceptors (Lipinski definition) is 7. The van der Waals surface area contributed by atoms with Gasteiger partial charge in [-0.1, -0.05) is 23.2 Å². The molecule has 1 aliphatic rings. The molecule has 0 unspecified atom stereocenters. The Morgan fingerprint density at radius 1 is 1.25 bits per heavy atom. The molecule has 12 heteroatoms. The number of fused-ring (bicyclic) bond motifs is 1. The summed E-state index contributed by atoms with van der Waals surface area (Å²) in [7, 11) is 1.59. The van der Waals surface area contributed by atoms with Crippen molar-refractivity contribution in [2.24, 2.45) is 0 Å². The number of anilines is 1. The number of nitrogens with zero attached hydrogens (tertiary/aromatic N) is 3. The quantitative estimate of drug-likeness (QED) is 0.423. The normalized spacial score (nSPS) is 13.3. The van der Waals surface area contributed by atoms with E-state index in [1.807, 2.05) is 12.1 Å². The molecule has 2 aromatic heterocycles. The van der Waals surface area contributed by atoms with Crippen LogP contribution in [0, 0.1) is 0 Å². The second kappa shape index (κ2) is 7.88. The van der Waals surface area contributed by atoms with Crippen LogP contribution in [0.25, 0.3) is 11.0 Å². The Balaban J connectivity index is 1.41. The summed E-state index contributed by atoms with van der Waals surface area (Å²) in [4.78, 5) is 29.8. The highest BCUT2D eigenvalue weighted by Gasteiger charge is 2.29. The number of methoxy groups -OCH3 is 1. The van der Waals surface area contributed by atoms with Crippen LogP contribution in [0.1, 0.15) is 29.5 Å². The van der Waals surface area contributed by atoms with Gasteiger partial charge in [-0.05, 0) is 42.3 Å². The molecular weight excluding hydrogens is 461 g/mol. The maximum Gasteiger partial charge on any atom is 0.439 e. The van der Waals surface area contributed by atoms with Crippen LogP contribution >= 0.6 is 23.2 Å². The van der Waals surface area contributed by atoms with E-state index in [1.54, 1.807) is 13.2 Å². The molecule has 2 aromatic carbocycles. The lowest BCUT2D eigenvalue weighted by atomic mass is 10.2. The molecule has 0 aliphatic heterocycles. The number of H-pyrrole nitrogens is 1. The molecule has 1 saturated carbocycles. The van der Waals surface area contributed by atoms with Crippen LogP contribution in [-0.2, 0) is 0 Å². The van der Waals surface area contributed by atoms with Crippen molar-refractivity contribution >= 4 is 45.8 Å². The molecule has 4 aromatic rings. The van der Waals surface area contributed by atoms with Gasteiger partial charge in [-0.3, -0.25) is 18.9 Å². The van der Waals surface area contributed by atoms with Crippen molar-refractivity contribution in [3.05, 3.63) is 56.8 Å². The molecule has 1 aliphatic carbocycles. The maximum atomic E-state index is 12.1. The van der Waals surface area contributed by atoms with Crippen LogP contribution in [0.15, 0.2) is 39.6 Å². The Morgan fingerprint density at radius 3 is 2.62 bits per heavy atom. The highest BCUT2D eigenvalue weighted by Crippen LogP contribution is 2.43. The van der Waals surface area contributed by atoms with Gasteiger partial charge in [0.15, 0.2) is 5.75 Å². The minimum absolute atomic E-state index is 0.176. The molecule has 0 saturated heterocycles. The molecule has 2 N–H and O–H groups in total. The van der Waals surface area contributed by atoms with Crippen molar-refractivity contribution in [1.29, 1.82) is 0 Å². The molecule has 5 rings (SSSR count). The number of halogens is 2. The predicted molar refractivity (Wildman–Crippen MR) is 116 cm³/mol. The third kappa shape index (κ3) is 3.78. The fourth-order valence-electron chi connectivity index (χ4n) is 3.31. The van der Waals surface area contributed by atoms with Gasteiger partial charge in [0.05, 0.1) is 28.2 Å². The second-order valence-corrected chi connectivity index (χ2v) is 7.93. The highest BCUT2D eigenvalue weighted by atomic mass is 35.5. The summed E-state index contributed by atoms with van der Waals surface area (Å²) in [6, 6.07) is 9.30. The van der Waals surface area contributed by atoms with E-state index >= 15 is 0 Å². The van der Waals surface area contributed by atoms with E-state index in [2.05, 4.69) is 29.5 Å². The van der Waals surface area contributed by atoms with Gasteiger partial charge in [0.25, 0.3) is 11.9 Å². The van der Waals surface area contributed by atoms with Crippen molar-refractivity contribution < 1.29 is 18.8 Å². The number of carbonyl (C=O) groups is 1. The lowest BCUT2D eigenvalue weighted by Crippen LogP contribution is -2.14. The Labute approximate surface area is 190 Å². The first-order chi connectivity index (χ1) is 15.4. The second-order valence-electron chi connectivity index (χ2n) is 7.12. The number of aromatic nitrogens is 4. The SMILES string of the molecule is COc1nc2ccc(Oc3c(Cl)cc(NC(=O)c4noc(=O)[nH]4)cc3Cl)cc2n1C1CC1. The monoisotopic (exact) mass is 475 g/mol. The maximum absolute atomic E-state index is 12.1. The predicted octanol–water partition coefficient (Wildman–Crippen LogP) is 4.41. The van der Waals surface area contributed by atoms with E-state index in [-0.39, 0.29) is 27.3 Å². The first-order valence-electron chi connectivity index (χ1n) is 9.53. The smallest absolute Gasteiger partial charge is 0.439 e. The van der Waals surface area contributed by atoms with E-state index in [1.165, 1.54) is 12.1 Å². The summed E-state index contributed by atoms with van der Waals surface area (Å²) < 4.78 is 17.7. The lowest BCUT2D eigenvalue weighted by Gasteiger charge is -2.12. The number of ether oxygens (including phenoxy) is 2. The Bertz CT molecular complexity index is 1380. The number of hydrogen-bond donors (Lipinski definition) is 2. The first-order valence-corrected chi connectivity index (χ1v) is 10.3. The zero-order valence-electron chi connectivity index (χ0n) is 16.5. The van der Waals surface area contributed by atoms with Gasteiger partial charge in [0.2, 0.25) is 5.82 Å². The van der Waals surface area contributed by atoms with Crippen LogP contribution in [-0.4, -0.2) is 32.7 Å². The molecule has 0 radical (unpaired) electrons. The summed E-state index contributed by atoms with van der Waals surface area (Å²) in [6.07, 6.45) is 2.14. The average molecular weight is 476 g/mol. The number of amides is 1. The number of nitrogens with one attached hydrogen (secondary N) is 2. The molecule has 0 bridgehead atoms. The van der Waals surface area contributed by atoms with Gasteiger partial charge in [0.1, 0.15) is 5.75 Å². The van der Waals surface area contributed by atoms with E-state index in [0.29, 0.717) is 17.8 Å². The average Bonchev–Trinajstić information content (AvgIpc) is 3.39. The van der Waals surface area contributed by atoms with Gasteiger partial charge >= 0.3 is 5.76 Å². The molecule has 1 amide bonds. The first kappa shape index (κ1) is 20.4. The van der Waals surface area contributed by atoms with Crippen molar-refractivity contribution in [2.75, 3.05) is 12.4 Å². The molecule has 164 valence electrons. The van der Waals surface area contributed by atoms with E-state index in [9.17, 15) is 9.59 Å². The molecule has 32 heavy (non-hydrogen) atoms. The van der Waals surface area contributed by atoms with Gasteiger partial charge in [-0.25, -0.2) is 4.79 Å². The van der Waals surface area contributed by atoms with Crippen LogP contribution in [0.4, 0.5) is 5.69 Å². The van der Waals surface area contributed by atoms with Crippen LogP contribution in [0.5, 0.6) is 17.5 Å². The third-order valence-electron chi connectivity index (χ3n) is 4.85. The molecular formula is C20H15Cl2N5O5. The summed E-state index contributed by atoms with van der Waals surface area (Å²) >= 11 is 12.7. The minimum atomic E-state index is -0.840. The Hall–Kier alpha value is -3.50. The molecule has 1 fully saturated rings. The fraction of sp³-hybridized carbons (Fsp3) is 0.200. The van der Waals surface area contributed by atoms with Crippen LogP contribution in [0.3, 0.4) is 0 Å². The minimum Gasteiger partial charge on any atom is -0.468 e. The number of carbonyl (C=O) groups excluding carboxylic acids is 1. The van der Waals surface area contributed by atoms with Crippen LogP contribution < -0.4 is 20.5 Å². The van der Waals surface area contributed by atoms with E-state index in [0.717, 1.165) is 23.9 Å². The molecule has 10 nitrogen and oxygen atoms in total. The van der Waals surface area contributed by atoms with Gasteiger partial charge in [-0.2, -0.15) is 4.98 Å². The van der Waals surface area contributed by atoms with Gasteiger partial charge < -0.3 is 14.8 Å². The van der Waals surface area contributed by atoms with Crippen molar-refractivity contribution in [2.45, 2.75) is 18.9 Å². The summed E-state index contributed by atoms with van der Waals surface area (Å²) in [5.74, 6) is -1.07. The Morgan fingerprint density at radius 2 is 2.00 bits per heavy atom. The molecule has 2 heterocycles. The van der Waals surface area contributed by atoms with E-state index < -0.39 is 11.7 Å². The van der Waals surface area contributed by atoms with Crippen molar-refractivity contribution in [3.63, 3.8) is 0 Å². The van der Waals surface area contributed by atoms with Crippen molar-refractivity contribution in [3.8, 4) is 17.5 Å². The van der Waals surface area contributed by atoms with Gasteiger partial charge in [0, 0.05) is 17.8 Å². The largest absolute Gasteiger partial charge is 0.468 e. The van der Waals surface area contributed by atoms with Crippen molar-refractivity contribution in [1.82, 2.24) is 19.7 Å². The zero-order chi connectivity index (χ0) is 22.4. The summed E-state index contributed by atoms with van der Waals surface area (Å²) in [6.45, 7) is 0. The number of benzene rings is 2. The highest BCUT2D eigenvalue weighted by molar-refractivity contribution is 6.37. The molecule has 0 spiro atoms. The third-order valence-corrected chi connectivity index (χ3v) is 5.42. The zero-order valence-corrected chi connectivity index (χ0v) is 18.0. The summed E-state index contributed by atoms with van der Waals surface area (Å²) in [5.41, 5.74) is 1.97. The standard InChI is InChI=1S/C20H15Cl2N5O5/c1-30-19-24-14-5-4-11(8-15(14)27(19)10-2-3-10)31-16-12(21)6-9(7-13(16)22)23-18(28)17-25-20(29)32-26-17/h4-8,10H,2-3H2,1H3,(H,23,28)(H,25,26,29). The lowest BCUT2D eigenvalue weighted by molar-refractivity contribution is 0.101. The fourth-order valence-corrected chi connectivity index (χ4v) is 3.87.